The minimum absolute atomic E-state index is 0.431. The number of anilines is 1. The average Bonchev–Trinajstić information content (AvgIpc) is 2.73. The van der Waals surface area contributed by atoms with E-state index in [1.165, 1.54) is 0 Å². The average molecular weight is 293 g/mol. The van der Waals surface area contributed by atoms with Gasteiger partial charge < -0.3 is 10.3 Å². The molecular formula is C13H10Cl2N4. The lowest BCUT2D eigenvalue weighted by Gasteiger charge is -2.09. The van der Waals surface area contributed by atoms with Crippen molar-refractivity contribution in [2.75, 3.05) is 5.73 Å². The van der Waals surface area contributed by atoms with E-state index in [4.69, 9.17) is 28.9 Å². The predicted octanol–water partition coefficient (Wildman–Crippen LogP) is 3.52. The maximum Gasteiger partial charge on any atom is 0.144 e. The van der Waals surface area contributed by atoms with Crippen molar-refractivity contribution >= 4 is 39.9 Å². The highest BCUT2D eigenvalue weighted by molar-refractivity contribution is 6.37. The Bertz CT molecular complexity index is 780. The second-order valence-corrected chi connectivity index (χ2v) is 4.99. The molecule has 19 heavy (non-hydrogen) atoms. The molecule has 2 N–H and O–H groups in total. The molecule has 2 heterocycles. The van der Waals surface area contributed by atoms with Gasteiger partial charge in [0.1, 0.15) is 5.82 Å². The summed E-state index contributed by atoms with van der Waals surface area (Å²) in [7, 11) is 1.89. The van der Waals surface area contributed by atoms with Gasteiger partial charge in [0.15, 0.2) is 0 Å². The number of aromatic nitrogens is 3. The van der Waals surface area contributed by atoms with Crippen LogP contribution >= 0.6 is 23.2 Å². The Hall–Kier alpha value is -1.78. The second-order valence-electron chi connectivity index (χ2n) is 4.18. The largest absolute Gasteiger partial charge is 0.397 e. The van der Waals surface area contributed by atoms with Crippen molar-refractivity contribution in [3.05, 3.63) is 40.6 Å². The Kier molecular flexibility index (Phi) is 2.84. The van der Waals surface area contributed by atoms with Gasteiger partial charge >= 0.3 is 0 Å². The Morgan fingerprint density at radius 3 is 2.63 bits per heavy atom. The fourth-order valence-corrected chi connectivity index (χ4v) is 2.46. The summed E-state index contributed by atoms with van der Waals surface area (Å²) in [5.74, 6) is 0.674. The van der Waals surface area contributed by atoms with Gasteiger partial charge in [-0.15, -0.1) is 0 Å². The topological polar surface area (TPSA) is 56.7 Å². The number of halogens is 2. The number of fused-ring (bicyclic) bond motifs is 1. The molecule has 0 bridgehead atoms. The Labute approximate surface area is 119 Å². The van der Waals surface area contributed by atoms with Crippen LogP contribution in [-0.4, -0.2) is 14.5 Å². The third-order valence-electron chi connectivity index (χ3n) is 3.05. The molecule has 3 rings (SSSR count). The molecule has 2 aromatic heterocycles. The molecule has 1 aromatic carbocycles. The minimum Gasteiger partial charge on any atom is -0.397 e. The normalized spacial score (nSPS) is 11.1. The van der Waals surface area contributed by atoms with Gasteiger partial charge in [-0.2, -0.15) is 0 Å². The number of nitrogen functional groups attached to an aromatic ring is 1. The number of benzene rings is 1. The number of hydrogen-bond acceptors (Lipinski definition) is 3. The summed E-state index contributed by atoms with van der Waals surface area (Å²) in [6.45, 7) is 0. The van der Waals surface area contributed by atoms with E-state index in [-0.39, 0.29) is 0 Å². The van der Waals surface area contributed by atoms with Crippen LogP contribution in [0.25, 0.3) is 22.4 Å². The van der Waals surface area contributed by atoms with E-state index < -0.39 is 0 Å². The molecule has 0 unspecified atom stereocenters. The van der Waals surface area contributed by atoms with Crippen molar-refractivity contribution in [2.24, 2.45) is 7.05 Å². The van der Waals surface area contributed by atoms with Crippen molar-refractivity contribution in [2.45, 2.75) is 0 Å². The molecule has 0 radical (unpaired) electrons. The van der Waals surface area contributed by atoms with E-state index in [0.29, 0.717) is 27.1 Å². The van der Waals surface area contributed by atoms with E-state index in [1.807, 2.05) is 17.7 Å². The molecule has 0 aliphatic heterocycles. The summed E-state index contributed by atoms with van der Waals surface area (Å²) in [5.41, 5.74) is 8.84. The summed E-state index contributed by atoms with van der Waals surface area (Å²) in [6.07, 6.45) is 3.45. The van der Waals surface area contributed by atoms with Gasteiger partial charge in [-0.1, -0.05) is 23.2 Å². The first kappa shape index (κ1) is 12.3. The molecule has 0 aliphatic rings. The van der Waals surface area contributed by atoms with Gasteiger partial charge in [0.05, 0.1) is 38.5 Å². The van der Waals surface area contributed by atoms with Crippen LogP contribution in [0.4, 0.5) is 5.69 Å². The molecule has 0 atom stereocenters. The molecule has 96 valence electrons. The van der Waals surface area contributed by atoms with Crippen LogP contribution in [0.2, 0.25) is 10.0 Å². The zero-order valence-electron chi connectivity index (χ0n) is 10.1. The predicted molar refractivity (Wildman–Crippen MR) is 78.4 cm³/mol. The Morgan fingerprint density at radius 2 is 1.89 bits per heavy atom. The van der Waals surface area contributed by atoms with Crippen molar-refractivity contribution in [1.29, 1.82) is 0 Å². The zero-order chi connectivity index (χ0) is 13.6. The highest BCUT2D eigenvalue weighted by Crippen LogP contribution is 2.37. The monoisotopic (exact) mass is 292 g/mol. The lowest BCUT2D eigenvalue weighted by molar-refractivity contribution is 0.957. The van der Waals surface area contributed by atoms with Crippen molar-refractivity contribution in [1.82, 2.24) is 14.5 Å². The molecule has 4 nitrogen and oxygen atoms in total. The molecular weight excluding hydrogens is 283 g/mol. The first-order chi connectivity index (χ1) is 9.09. The van der Waals surface area contributed by atoms with Crippen LogP contribution in [-0.2, 0) is 7.05 Å². The highest BCUT2D eigenvalue weighted by Gasteiger charge is 2.17. The van der Waals surface area contributed by atoms with E-state index in [9.17, 15) is 0 Å². The van der Waals surface area contributed by atoms with E-state index >= 15 is 0 Å². The summed E-state index contributed by atoms with van der Waals surface area (Å²) in [5, 5.41) is 0.984. The van der Waals surface area contributed by atoms with Crippen molar-refractivity contribution < 1.29 is 0 Å². The zero-order valence-corrected chi connectivity index (χ0v) is 11.6. The maximum atomic E-state index is 6.23. The molecule has 0 saturated carbocycles. The summed E-state index contributed by atoms with van der Waals surface area (Å²) in [4.78, 5) is 8.64. The lowest BCUT2D eigenvalue weighted by atomic mass is 10.1. The lowest BCUT2D eigenvalue weighted by Crippen LogP contribution is -1.98. The third kappa shape index (κ3) is 1.84. The molecule has 6 heteroatoms. The number of pyridine rings is 1. The van der Waals surface area contributed by atoms with Crippen LogP contribution in [0.3, 0.4) is 0 Å². The van der Waals surface area contributed by atoms with Gasteiger partial charge in [-0.05, 0) is 18.2 Å². The maximum absolute atomic E-state index is 6.23. The summed E-state index contributed by atoms with van der Waals surface area (Å²) >= 11 is 12.3. The molecule has 0 amide bonds. The first-order valence-electron chi connectivity index (χ1n) is 5.60. The fraction of sp³-hybridized carbons (Fsp3) is 0.0769. The molecule has 0 aliphatic carbocycles. The summed E-state index contributed by atoms with van der Waals surface area (Å²) in [6, 6.07) is 5.23. The molecule has 0 fully saturated rings. The molecule has 3 aromatic rings. The standard InChI is InChI=1S/C13H10Cl2N4/c1-19-10-6-17-5-4-9(10)18-13(19)11-7(14)2-3-8(15)12(11)16/h2-6H,16H2,1H3. The van der Waals surface area contributed by atoms with Gasteiger partial charge in [0.2, 0.25) is 0 Å². The number of nitrogens with two attached hydrogens (primary N) is 1. The van der Waals surface area contributed by atoms with Crippen LogP contribution in [0.1, 0.15) is 0 Å². The van der Waals surface area contributed by atoms with Gasteiger partial charge in [0, 0.05) is 13.2 Å². The van der Waals surface area contributed by atoms with Crippen LogP contribution in [0, 0.1) is 0 Å². The SMILES string of the molecule is Cn1c(-c2c(Cl)ccc(Cl)c2N)nc2ccncc21. The summed E-state index contributed by atoms with van der Waals surface area (Å²) < 4.78 is 1.90. The van der Waals surface area contributed by atoms with Gasteiger partial charge in [-0.3, -0.25) is 4.98 Å². The van der Waals surface area contributed by atoms with Crippen molar-refractivity contribution in [3.8, 4) is 11.4 Å². The molecule has 0 saturated heterocycles. The Balaban J connectivity index is 2.37. The smallest absolute Gasteiger partial charge is 0.144 e. The van der Waals surface area contributed by atoms with Gasteiger partial charge in [0.25, 0.3) is 0 Å². The van der Waals surface area contributed by atoms with Crippen LogP contribution in [0.5, 0.6) is 0 Å². The number of imidazole rings is 1. The molecule has 0 spiro atoms. The van der Waals surface area contributed by atoms with Crippen LogP contribution < -0.4 is 5.73 Å². The first-order valence-corrected chi connectivity index (χ1v) is 6.35. The minimum atomic E-state index is 0.431. The third-order valence-corrected chi connectivity index (χ3v) is 3.69. The van der Waals surface area contributed by atoms with Gasteiger partial charge in [-0.25, -0.2) is 4.98 Å². The Morgan fingerprint density at radius 1 is 1.16 bits per heavy atom. The van der Waals surface area contributed by atoms with Crippen molar-refractivity contribution in [3.63, 3.8) is 0 Å². The number of hydrogen-bond donors (Lipinski definition) is 1. The van der Waals surface area contributed by atoms with Crippen LogP contribution in [0.15, 0.2) is 30.6 Å². The number of nitrogens with zero attached hydrogens (tertiary/aromatic N) is 3. The number of rotatable bonds is 1. The second kappa shape index (κ2) is 4.40. The quantitative estimate of drug-likeness (QED) is 0.698. The highest BCUT2D eigenvalue weighted by atomic mass is 35.5. The van der Waals surface area contributed by atoms with E-state index in [1.54, 1.807) is 24.5 Å². The fourth-order valence-electron chi connectivity index (χ4n) is 2.05. The van der Waals surface area contributed by atoms with E-state index in [2.05, 4.69) is 9.97 Å². The number of aryl methyl sites for hydroxylation is 1. The van der Waals surface area contributed by atoms with E-state index in [0.717, 1.165) is 11.0 Å².